The van der Waals surface area contributed by atoms with Crippen molar-refractivity contribution < 1.29 is 19.1 Å². The summed E-state index contributed by atoms with van der Waals surface area (Å²) in [6.07, 6.45) is 1.74. The third-order valence-corrected chi connectivity index (χ3v) is 3.84. The van der Waals surface area contributed by atoms with Crippen molar-refractivity contribution in [1.29, 1.82) is 0 Å². The van der Waals surface area contributed by atoms with E-state index in [4.69, 9.17) is 21.1 Å². The number of nitrogens with zero attached hydrogens (tertiary/aromatic N) is 1. The number of aldehydes is 1. The second kappa shape index (κ2) is 7.38. The minimum absolute atomic E-state index is 0.0395. The zero-order valence-electron chi connectivity index (χ0n) is 14.4. The Balaban J connectivity index is 1.90. The maximum atomic E-state index is 11.7. The predicted molar refractivity (Wildman–Crippen MR) is 90.5 cm³/mol. The maximum Gasteiger partial charge on any atom is 0.407 e. The summed E-state index contributed by atoms with van der Waals surface area (Å²) >= 11 is 6.17. The van der Waals surface area contributed by atoms with E-state index in [1.165, 1.54) is 0 Å². The fourth-order valence-corrected chi connectivity index (χ4v) is 2.79. The van der Waals surface area contributed by atoms with E-state index in [2.05, 4.69) is 10.3 Å². The number of carbonyl (C=O) groups is 2. The van der Waals surface area contributed by atoms with E-state index in [0.29, 0.717) is 23.9 Å². The number of alkyl carbamates (subject to hydrolysis) is 1. The number of pyridine rings is 1. The van der Waals surface area contributed by atoms with Crippen LogP contribution >= 0.6 is 11.6 Å². The molecule has 1 aliphatic rings. The first kappa shape index (κ1) is 18.5. The van der Waals surface area contributed by atoms with Gasteiger partial charge in [-0.3, -0.25) is 0 Å². The molecule has 1 N–H and O–H groups in total. The molecule has 0 aromatic carbocycles. The first-order valence-corrected chi connectivity index (χ1v) is 8.31. The van der Waals surface area contributed by atoms with E-state index < -0.39 is 11.7 Å². The normalized spacial score (nSPS) is 17.8. The Bertz CT molecular complexity index is 628. The SMILES string of the molecule is CC(COc1cc2c(c(Cl)n1)CC(C=O)C2)NC(=O)OC(C)(C)C. The summed E-state index contributed by atoms with van der Waals surface area (Å²) in [7, 11) is 0. The molecule has 2 rings (SSSR count). The van der Waals surface area contributed by atoms with Crippen LogP contribution in [0.15, 0.2) is 6.07 Å². The highest BCUT2D eigenvalue weighted by molar-refractivity contribution is 6.30. The van der Waals surface area contributed by atoms with Crippen LogP contribution in [-0.2, 0) is 22.4 Å². The lowest BCUT2D eigenvalue weighted by molar-refractivity contribution is -0.110. The van der Waals surface area contributed by atoms with Gasteiger partial charge in [-0.05, 0) is 51.7 Å². The molecule has 24 heavy (non-hydrogen) atoms. The van der Waals surface area contributed by atoms with Crippen molar-refractivity contribution >= 4 is 24.0 Å². The topological polar surface area (TPSA) is 77.5 Å². The van der Waals surface area contributed by atoms with Crippen LogP contribution in [-0.4, -0.2) is 35.6 Å². The zero-order chi connectivity index (χ0) is 17.9. The quantitative estimate of drug-likeness (QED) is 0.649. The molecule has 0 saturated carbocycles. The van der Waals surface area contributed by atoms with Gasteiger partial charge in [-0.1, -0.05) is 11.6 Å². The van der Waals surface area contributed by atoms with Gasteiger partial charge < -0.3 is 19.6 Å². The molecule has 1 aromatic rings. The minimum Gasteiger partial charge on any atom is -0.475 e. The summed E-state index contributed by atoms with van der Waals surface area (Å²) in [4.78, 5) is 26.8. The molecular weight excluding hydrogens is 332 g/mol. The molecule has 2 unspecified atom stereocenters. The zero-order valence-corrected chi connectivity index (χ0v) is 15.1. The van der Waals surface area contributed by atoms with Crippen LogP contribution in [0.5, 0.6) is 5.88 Å². The molecule has 1 amide bonds. The third kappa shape index (κ3) is 5.09. The highest BCUT2D eigenvalue weighted by atomic mass is 35.5. The average Bonchev–Trinajstić information content (AvgIpc) is 2.86. The number of rotatable bonds is 5. The number of amides is 1. The number of halogens is 1. The Morgan fingerprint density at radius 2 is 2.21 bits per heavy atom. The number of ether oxygens (including phenoxy) is 2. The third-order valence-electron chi connectivity index (χ3n) is 3.53. The molecule has 2 atom stereocenters. The molecule has 0 aliphatic heterocycles. The molecule has 0 fully saturated rings. The molecule has 6 nitrogen and oxygen atoms in total. The van der Waals surface area contributed by atoms with E-state index in [1.807, 2.05) is 6.07 Å². The smallest absolute Gasteiger partial charge is 0.407 e. The van der Waals surface area contributed by atoms with Crippen LogP contribution in [0, 0.1) is 5.92 Å². The monoisotopic (exact) mass is 354 g/mol. The molecule has 0 bridgehead atoms. The van der Waals surface area contributed by atoms with Crippen LogP contribution in [0.3, 0.4) is 0 Å². The number of carbonyl (C=O) groups excluding carboxylic acids is 2. The van der Waals surface area contributed by atoms with Crippen LogP contribution < -0.4 is 10.1 Å². The van der Waals surface area contributed by atoms with Crippen molar-refractivity contribution in [2.24, 2.45) is 5.92 Å². The standard InChI is InChI=1S/C17H23ClN2O4/c1-10(19-16(22)24-17(2,3)4)9-23-14-7-12-5-11(8-21)6-13(12)15(18)20-14/h7-8,10-11H,5-6,9H2,1-4H3,(H,19,22). The molecule has 1 aromatic heterocycles. The Labute approximate surface area is 146 Å². The second-order valence-electron chi connectivity index (χ2n) is 7.05. The van der Waals surface area contributed by atoms with E-state index in [-0.39, 0.29) is 18.6 Å². The van der Waals surface area contributed by atoms with Crippen molar-refractivity contribution in [2.45, 2.75) is 52.2 Å². The van der Waals surface area contributed by atoms with Crippen molar-refractivity contribution in [3.05, 3.63) is 22.3 Å². The van der Waals surface area contributed by atoms with Gasteiger partial charge in [-0.15, -0.1) is 0 Å². The van der Waals surface area contributed by atoms with Gasteiger partial charge in [0.2, 0.25) is 5.88 Å². The fourth-order valence-electron chi connectivity index (χ4n) is 2.51. The van der Waals surface area contributed by atoms with Crippen LogP contribution in [0.4, 0.5) is 4.79 Å². The van der Waals surface area contributed by atoms with Crippen molar-refractivity contribution in [3.8, 4) is 5.88 Å². The second-order valence-corrected chi connectivity index (χ2v) is 7.41. The number of hydrogen-bond acceptors (Lipinski definition) is 5. The van der Waals surface area contributed by atoms with Gasteiger partial charge in [0.15, 0.2) is 0 Å². The molecule has 132 valence electrons. The predicted octanol–water partition coefficient (Wildman–Crippen LogP) is 2.94. The van der Waals surface area contributed by atoms with Crippen molar-refractivity contribution in [3.63, 3.8) is 0 Å². The summed E-state index contributed by atoms with van der Waals surface area (Å²) in [5, 5.41) is 3.07. The Morgan fingerprint density at radius 1 is 1.50 bits per heavy atom. The molecular formula is C17H23ClN2O4. The largest absolute Gasteiger partial charge is 0.475 e. The van der Waals surface area contributed by atoms with Gasteiger partial charge in [0.1, 0.15) is 23.6 Å². The van der Waals surface area contributed by atoms with Gasteiger partial charge in [0.25, 0.3) is 0 Å². The lowest BCUT2D eigenvalue weighted by Crippen LogP contribution is -2.40. The molecule has 1 aliphatic carbocycles. The summed E-state index contributed by atoms with van der Waals surface area (Å²) < 4.78 is 10.8. The Kier molecular flexibility index (Phi) is 5.70. The molecule has 7 heteroatoms. The Hall–Kier alpha value is -1.82. The van der Waals surface area contributed by atoms with Crippen molar-refractivity contribution in [1.82, 2.24) is 10.3 Å². The van der Waals surface area contributed by atoms with Gasteiger partial charge in [-0.2, -0.15) is 0 Å². The first-order valence-electron chi connectivity index (χ1n) is 7.94. The van der Waals surface area contributed by atoms with Crippen LogP contribution in [0.2, 0.25) is 5.15 Å². The van der Waals surface area contributed by atoms with Gasteiger partial charge in [0, 0.05) is 12.0 Å². The van der Waals surface area contributed by atoms with Gasteiger partial charge in [-0.25, -0.2) is 9.78 Å². The van der Waals surface area contributed by atoms with E-state index >= 15 is 0 Å². The highest BCUT2D eigenvalue weighted by Gasteiger charge is 2.25. The molecule has 1 heterocycles. The lowest BCUT2D eigenvalue weighted by atomic mass is 10.1. The summed E-state index contributed by atoms with van der Waals surface area (Å²) in [6, 6.07) is 1.56. The minimum atomic E-state index is -0.547. The number of nitrogens with one attached hydrogen (secondary N) is 1. The molecule has 0 spiro atoms. The van der Waals surface area contributed by atoms with Gasteiger partial charge >= 0.3 is 6.09 Å². The maximum absolute atomic E-state index is 11.7. The van der Waals surface area contributed by atoms with Crippen LogP contribution in [0.1, 0.15) is 38.8 Å². The summed E-state index contributed by atoms with van der Waals surface area (Å²) in [5.41, 5.74) is 1.37. The lowest BCUT2D eigenvalue weighted by Gasteiger charge is -2.22. The van der Waals surface area contributed by atoms with Gasteiger partial charge in [0.05, 0.1) is 6.04 Å². The number of aromatic nitrogens is 1. The number of hydrogen-bond donors (Lipinski definition) is 1. The Morgan fingerprint density at radius 3 is 2.83 bits per heavy atom. The number of fused-ring (bicyclic) bond motifs is 1. The summed E-state index contributed by atoms with van der Waals surface area (Å²) in [5.74, 6) is 0.352. The first-order chi connectivity index (χ1) is 11.2. The van der Waals surface area contributed by atoms with E-state index in [1.54, 1.807) is 27.7 Å². The van der Waals surface area contributed by atoms with Crippen molar-refractivity contribution in [2.75, 3.05) is 6.61 Å². The molecule has 0 radical (unpaired) electrons. The fraction of sp³-hybridized carbons (Fsp3) is 0.588. The van der Waals surface area contributed by atoms with E-state index in [0.717, 1.165) is 17.4 Å². The highest BCUT2D eigenvalue weighted by Crippen LogP contribution is 2.32. The molecule has 0 saturated heterocycles. The summed E-state index contributed by atoms with van der Waals surface area (Å²) in [6.45, 7) is 7.45. The van der Waals surface area contributed by atoms with Crippen LogP contribution in [0.25, 0.3) is 0 Å². The van der Waals surface area contributed by atoms with E-state index in [9.17, 15) is 9.59 Å². The average molecular weight is 355 g/mol.